The Bertz CT molecular complexity index is 1660. The van der Waals surface area contributed by atoms with Crippen LogP contribution in [0.1, 0.15) is 45.1 Å². The summed E-state index contributed by atoms with van der Waals surface area (Å²) in [6, 6.07) is 26.0. The molecule has 39 heavy (non-hydrogen) atoms. The van der Waals surface area contributed by atoms with Crippen LogP contribution in [0.15, 0.2) is 84.2 Å². The lowest BCUT2D eigenvalue weighted by atomic mass is 9.80. The normalized spacial score (nSPS) is 14.5. The molecule has 194 valence electrons. The summed E-state index contributed by atoms with van der Waals surface area (Å²) in [6.07, 6.45) is 2.46. The maximum absolute atomic E-state index is 13.5. The monoisotopic (exact) mass is 533 g/mol. The molecule has 6 nitrogen and oxygen atoms in total. The second kappa shape index (κ2) is 10.8. The number of benzene rings is 3. The van der Waals surface area contributed by atoms with E-state index in [1.54, 1.807) is 0 Å². The molecular weight excluding hydrogens is 506 g/mol. The molecule has 3 aromatic carbocycles. The average Bonchev–Trinajstić information content (AvgIpc) is 3.43. The van der Waals surface area contributed by atoms with Crippen molar-refractivity contribution in [2.24, 2.45) is 0 Å². The zero-order valence-corrected chi connectivity index (χ0v) is 22.3. The minimum atomic E-state index is -0.506. The summed E-state index contributed by atoms with van der Waals surface area (Å²) in [7, 11) is 0. The van der Waals surface area contributed by atoms with Crippen LogP contribution < -0.4 is 5.32 Å². The summed E-state index contributed by atoms with van der Waals surface area (Å²) in [5, 5.41) is 5.86. The smallest absolute Gasteiger partial charge is 0.339 e. The lowest BCUT2D eigenvalue weighted by Gasteiger charge is -2.26. The van der Waals surface area contributed by atoms with E-state index in [-0.39, 0.29) is 0 Å². The van der Waals surface area contributed by atoms with Crippen molar-refractivity contribution in [3.8, 4) is 11.3 Å². The summed E-state index contributed by atoms with van der Waals surface area (Å²) < 4.78 is 5.58. The number of nitrogens with one attached hydrogen (secondary N) is 1. The summed E-state index contributed by atoms with van der Waals surface area (Å²) in [6.45, 7) is 1.63. The Balaban J connectivity index is 1.20. The first kappa shape index (κ1) is 24.9. The van der Waals surface area contributed by atoms with E-state index < -0.39 is 18.5 Å². The van der Waals surface area contributed by atoms with Gasteiger partial charge in [0, 0.05) is 22.0 Å². The molecule has 5 aromatic rings. The summed E-state index contributed by atoms with van der Waals surface area (Å²) in [4.78, 5) is 35.6. The van der Waals surface area contributed by atoms with Gasteiger partial charge in [0.15, 0.2) is 11.7 Å². The Labute approximate surface area is 230 Å². The number of hydrogen-bond acceptors (Lipinski definition) is 6. The van der Waals surface area contributed by atoms with E-state index >= 15 is 0 Å². The Morgan fingerprint density at radius 2 is 1.74 bits per heavy atom. The van der Waals surface area contributed by atoms with Gasteiger partial charge in [0.25, 0.3) is 5.91 Å². The van der Waals surface area contributed by atoms with Crippen LogP contribution in [0.2, 0.25) is 0 Å². The number of hydrogen-bond donors (Lipinski definition) is 1. The molecule has 7 heteroatoms. The van der Waals surface area contributed by atoms with Crippen LogP contribution in [0.5, 0.6) is 0 Å². The SMILES string of the molecule is Cc1ccc(-c2csc(NC(=O)COC(=O)c3c4c(nc5ccccc35)CCC(c3ccccc3)C4)n2)cc1. The van der Waals surface area contributed by atoms with Gasteiger partial charge < -0.3 is 4.74 Å². The van der Waals surface area contributed by atoms with Gasteiger partial charge in [-0.05, 0) is 49.3 Å². The third kappa shape index (κ3) is 5.31. The van der Waals surface area contributed by atoms with E-state index in [1.165, 1.54) is 22.5 Å². The molecule has 0 saturated heterocycles. The van der Waals surface area contributed by atoms with Gasteiger partial charge in [-0.3, -0.25) is 15.1 Å². The lowest BCUT2D eigenvalue weighted by Crippen LogP contribution is -2.23. The van der Waals surface area contributed by atoms with Gasteiger partial charge in [0.2, 0.25) is 0 Å². The first-order chi connectivity index (χ1) is 19.0. The highest BCUT2D eigenvalue weighted by Gasteiger charge is 2.28. The third-order valence-electron chi connectivity index (χ3n) is 7.17. The van der Waals surface area contributed by atoms with Crippen molar-refractivity contribution in [1.82, 2.24) is 9.97 Å². The van der Waals surface area contributed by atoms with Crippen molar-refractivity contribution in [2.75, 3.05) is 11.9 Å². The van der Waals surface area contributed by atoms with Gasteiger partial charge in [-0.15, -0.1) is 11.3 Å². The van der Waals surface area contributed by atoms with Crippen LogP contribution in [0.4, 0.5) is 5.13 Å². The van der Waals surface area contributed by atoms with Crippen LogP contribution in [-0.2, 0) is 22.4 Å². The highest BCUT2D eigenvalue weighted by molar-refractivity contribution is 7.14. The number of para-hydroxylation sites is 1. The molecule has 1 N–H and O–H groups in total. The molecule has 0 spiro atoms. The van der Waals surface area contributed by atoms with Crippen molar-refractivity contribution in [1.29, 1.82) is 0 Å². The number of aromatic nitrogens is 2. The molecule has 0 fully saturated rings. The van der Waals surface area contributed by atoms with Crippen molar-refractivity contribution < 1.29 is 14.3 Å². The number of esters is 1. The number of nitrogens with zero attached hydrogens (tertiary/aromatic N) is 2. The maximum atomic E-state index is 13.5. The van der Waals surface area contributed by atoms with Gasteiger partial charge in [-0.1, -0.05) is 78.4 Å². The number of aryl methyl sites for hydroxylation is 2. The van der Waals surface area contributed by atoms with Crippen LogP contribution in [0.3, 0.4) is 0 Å². The van der Waals surface area contributed by atoms with Crippen molar-refractivity contribution in [3.63, 3.8) is 0 Å². The molecule has 0 radical (unpaired) electrons. The number of rotatable bonds is 6. The largest absolute Gasteiger partial charge is 0.452 e. The number of thiazole rings is 1. The van der Waals surface area contributed by atoms with Crippen LogP contribution >= 0.6 is 11.3 Å². The number of carbonyl (C=O) groups is 2. The molecule has 0 aliphatic heterocycles. The summed E-state index contributed by atoms with van der Waals surface area (Å²) >= 11 is 1.33. The van der Waals surface area contributed by atoms with Gasteiger partial charge in [0.05, 0.1) is 16.8 Å². The minimum absolute atomic E-state index is 0.295. The average molecular weight is 534 g/mol. The van der Waals surface area contributed by atoms with E-state index in [0.29, 0.717) is 23.0 Å². The number of ether oxygens (including phenoxy) is 1. The molecule has 2 aromatic heterocycles. The van der Waals surface area contributed by atoms with E-state index in [4.69, 9.17) is 9.72 Å². The fraction of sp³-hybridized carbons (Fsp3) is 0.188. The zero-order valence-electron chi connectivity index (χ0n) is 21.5. The topological polar surface area (TPSA) is 81.2 Å². The quantitative estimate of drug-likeness (QED) is 0.245. The third-order valence-corrected chi connectivity index (χ3v) is 7.92. The van der Waals surface area contributed by atoms with Crippen LogP contribution in [0, 0.1) is 6.92 Å². The number of pyridine rings is 1. The number of fused-ring (bicyclic) bond motifs is 2. The predicted molar refractivity (Wildman–Crippen MR) is 154 cm³/mol. The summed E-state index contributed by atoms with van der Waals surface area (Å²) in [5.41, 5.74) is 7.32. The fourth-order valence-electron chi connectivity index (χ4n) is 5.18. The Kier molecular flexibility index (Phi) is 6.90. The Morgan fingerprint density at radius 3 is 2.56 bits per heavy atom. The van der Waals surface area contributed by atoms with Crippen molar-refractivity contribution >= 4 is 39.2 Å². The number of anilines is 1. The van der Waals surface area contributed by atoms with E-state index in [9.17, 15) is 9.59 Å². The van der Waals surface area contributed by atoms with E-state index in [2.05, 4.69) is 22.4 Å². The van der Waals surface area contributed by atoms with Crippen LogP contribution in [-0.4, -0.2) is 28.5 Å². The van der Waals surface area contributed by atoms with Crippen molar-refractivity contribution in [2.45, 2.75) is 32.1 Å². The van der Waals surface area contributed by atoms with Gasteiger partial charge in [-0.2, -0.15) is 0 Å². The van der Waals surface area contributed by atoms with Crippen molar-refractivity contribution in [3.05, 3.63) is 112 Å². The molecule has 1 unspecified atom stereocenters. The molecule has 0 saturated carbocycles. The highest BCUT2D eigenvalue weighted by Crippen LogP contribution is 2.36. The van der Waals surface area contributed by atoms with Gasteiger partial charge in [0.1, 0.15) is 0 Å². The molecule has 1 amide bonds. The predicted octanol–water partition coefficient (Wildman–Crippen LogP) is 6.73. The van der Waals surface area contributed by atoms with E-state index in [1.807, 2.05) is 79.0 Å². The van der Waals surface area contributed by atoms with E-state index in [0.717, 1.165) is 46.3 Å². The molecule has 1 aliphatic carbocycles. The molecule has 2 heterocycles. The molecule has 6 rings (SSSR count). The number of carbonyl (C=O) groups excluding carboxylic acids is 2. The Hall–Kier alpha value is -4.36. The minimum Gasteiger partial charge on any atom is -0.452 e. The number of amides is 1. The molecule has 1 aliphatic rings. The molecule has 1 atom stereocenters. The summed E-state index contributed by atoms with van der Waals surface area (Å²) in [5.74, 6) is -0.639. The molecular formula is C32H27N3O3S. The van der Waals surface area contributed by atoms with Gasteiger partial charge >= 0.3 is 5.97 Å². The zero-order chi connectivity index (χ0) is 26.8. The fourth-order valence-corrected chi connectivity index (χ4v) is 5.91. The second-order valence-corrected chi connectivity index (χ2v) is 10.7. The second-order valence-electron chi connectivity index (χ2n) is 9.81. The van der Waals surface area contributed by atoms with Crippen LogP contribution in [0.25, 0.3) is 22.2 Å². The first-order valence-corrected chi connectivity index (χ1v) is 13.9. The Morgan fingerprint density at radius 1 is 0.974 bits per heavy atom. The molecule has 0 bridgehead atoms. The van der Waals surface area contributed by atoms with Gasteiger partial charge in [-0.25, -0.2) is 9.78 Å². The lowest BCUT2D eigenvalue weighted by molar-refractivity contribution is -0.119. The maximum Gasteiger partial charge on any atom is 0.339 e. The first-order valence-electron chi connectivity index (χ1n) is 13.0. The standard InChI is InChI=1S/C32H27N3O3S/c1-20-11-13-22(14-12-20)28-19-39-32(34-28)35-29(36)18-38-31(37)30-24-9-5-6-10-26(24)33-27-16-15-23(17-25(27)30)21-7-3-2-4-8-21/h2-14,19,23H,15-18H2,1H3,(H,34,35,36). The highest BCUT2D eigenvalue weighted by atomic mass is 32.1.